The fourth-order valence-electron chi connectivity index (χ4n) is 2.96. The maximum absolute atomic E-state index is 13.4. The lowest BCUT2D eigenvalue weighted by molar-refractivity contribution is 0.105. The van der Waals surface area contributed by atoms with Crippen LogP contribution in [0.1, 0.15) is 28.7 Å². The van der Waals surface area contributed by atoms with Crippen LogP contribution in [0.2, 0.25) is 0 Å². The molecule has 4 nitrogen and oxygen atoms in total. The number of ketones is 1. The summed E-state index contributed by atoms with van der Waals surface area (Å²) in [5.41, 5.74) is 3.10. The zero-order valence-corrected chi connectivity index (χ0v) is 17.8. The molecule has 4 aromatic rings. The van der Waals surface area contributed by atoms with Gasteiger partial charge in [-0.2, -0.15) is 0 Å². The molecule has 3 aromatic carbocycles. The number of aromatic nitrogens is 1. The summed E-state index contributed by atoms with van der Waals surface area (Å²) in [5.74, 6) is 0.763. The van der Waals surface area contributed by atoms with Gasteiger partial charge < -0.3 is 9.15 Å². The minimum absolute atomic E-state index is 0.181. The van der Waals surface area contributed by atoms with Gasteiger partial charge in [0.25, 0.3) is 0 Å². The highest BCUT2D eigenvalue weighted by Gasteiger charge is 2.20. The largest absolute Gasteiger partial charge is 0.465 e. The van der Waals surface area contributed by atoms with E-state index in [9.17, 15) is 4.79 Å². The van der Waals surface area contributed by atoms with Gasteiger partial charge in [-0.05, 0) is 67.1 Å². The third-order valence-electron chi connectivity index (χ3n) is 4.39. The van der Waals surface area contributed by atoms with Gasteiger partial charge in [-0.25, -0.2) is 4.98 Å². The summed E-state index contributed by atoms with van der Waals surface area (Å²) in [6.45, 7) is 1.87. The topological polar surface area (TPSA) is 52.3 Å². The predicted molar refractivity (Wildman–Crippen MR) is 122 cm³/mol. The normalized spacial score (nSPS) is 11.9. The number of hydrogen-bond acceptors (Lipinski definition) is 4. The average molecular weight is 460 g/mol. The molecular formula is C25H18BrNO3. The van der Waals surface area contributed by atoms with Crippen molar-refractivity contribution >= 4 is 44.5 Å². The number of Topliss-reactive ketones (excluding diaryl/α,β-unsaturated/α-hetero) is 1. The molecule has 0 aliphatic carbocycles. The molecule has 0 atom stereocenters. The van der Waals surface area contributed by atoms with E-state index in [-0.39, 0.29) is 11.7 Å². The fraction of sp³-hybridized carbons (Fsp3) is 0.0400. The number of allylic oxidation sites excluding steroid dienone is 2. The Hall–Kier alpha value is -3.44. The van der Waals surface area contributed by atoms with Crippen LogP contribution in [0.15, 0.2) is 94.0 Å². The summed E-state index contributed by atoms with van der Waals surface area (Å²) >= 11 is 3.47. The summed E-state index contributed by atoms with van der Waals surface area (Å²) in [4.78, 5) is 17.9. The Morgan fingerprint density at radius 3 is 2.57 bits per heavy atom. The lowest BCUT2D eigenvalue weighted by Crippen LogP contribution is -2.03. The molecule has 0 unspecified atom stereocenters. The van der Waals surface area contributed by atoms with E-state index in [1.807, 2.05) is 55.5 Å². The summed E-state index contributed by atoms with van der Waals surface area (Å²) in [5, 5.41) is 0. The number of hydrogen-bond donors (Lipinski definition) is 0. The highest BCUT2D eigenvalue weighted by Crippen LogP contribution is 2.27. The Morgan fingerprint density at radius 2 is 1.83 bits per heavy atom. The molecule has 4 rings (SSSR count). The summed E-state index contributed by atoms with van der Waals surface area (Å²) in [7, 11) is 0. The molecule has 0 saturated carbocycles. The molecule has 1 aromatic heterocycles. The van der Waals surface area contributed by atoms with Gasteiger partial charge in [-0.15, -0.1) is 0 Å². The van der Waals surface area contributed by atoms with Crippen LogP contribution < -0.4 is 4.74 Å². The molecule has 0 amide bonds. The number of benzene rings is 3. The molecule has 0 fully saturated rings. The summed E-state index contributed by atoms with van der Waals surface area (Å²) < 4.78 is 12.3. The molecule has 0 aliphatic rings. The Balaban J connectivity index is 1.77. The van der Waals surface area contributed by atoms with Gasteiger partial charge in [0, 0.05) is 10.0 Å². The molecule has 148 valence electrons. The first-order valence-electron chi connectivity index (χ1n) is 9.40. The molecule has 5 heteroatoms. The van der Waals surface area contributed by atoms with Crippen LogP contribution in [0.25, 0.3) is 22.7 Å². The van der Waals surface area contributed by atoms with E-state index < -0.39 is 0 Å². The molecule has 0 radical (unpaired) electrons. The monoisotopic (exact) mass is 459 g/mol. The van der Waals surface area contributed by atoms with Crippen molar-refractivity contribution in [3.8, 4) is 5.75 Å². The molecule has 0 spiro atoms. The van der Waals surface area contributed by atoms with Gasteiger partial charge in [-0.3, -0.25) is 4.79 Å². The Kier molecular flexibility index (Phi) is 5.91. The molecule has 0 N–H and O–H groups in total. The molecule has 0 aliphatic heterocycles. The molecule has 30 heavy (non-hydrogen) atoms. The maximum Gasteiger partial charge on any atom is 0.231 e. The molecule has 0 saturated heterocycles. The van der Waals surface area contributed by atoms with Gasteiger partial charge in [0.2, 0.25) is 5.89 Å². The summed E-state index contributed by atoms with van der Waals surface area (Å²) in [6.07, 6.45) is 5.18. The highest BCUT2D eigenvalue weighted by atomic mass is 79.9. The van der Waals surface area contributed by atoms with Crippen molar-refractivity contribution in [3.05, 3.63) is 107 Å². The number of carbonyl (C=O) groups is 1. The third-order valence-corrected chi connectivity index (χ3v) is 4.88. The van der Waals surface area contributed by atoms with Crippen LogP contribution in [0, 0.1) is 0 Å². The van der Waals surface area contributed by atoms with Crippen molar-refractivity contribution in [2.75, 3.05) is 0 Å². The first kappa shape index (κ1) is 19.9. The van der Waals surface area contributed by atoms with Crippen LogP contribution >= 0.6 is 15.9 Å². The second-order valence-corrected chi connectivity index (χ2v) is 7.46. The smallest absolute Gasteiger partial charge is 0.231 e. The highest BCUT2D eigenvalue weighted by molar-refractivity contribution is 9.10. The number of halogens is 1. The number of oxazole rings is 1. The Labute approximate surface area is 182 Å². The van der Waals surface area contributed by atoms with Crippen LogP contribution in [0.4, 0.5) is 0 Å². The van der Waals surface area contributed by atoms with Crippen LogP contribution in [-0.4, -0.2) is 10.8 Å². The van der Waals surface area contributed by atoms with Gasteiger partial charge in [-0.1, -0.05) is 46.3 Å². The molecular weight excluding hydrogens is 442 g/mol. The minimum atomic E-state index is -0.181. The van der Waals surface area contributed by atoms with E-state index in [1.165, 1.54) is 0 Å². The van der Waals surface area contributed by atoms with Gasteiger partial charge >= 0.3 is 0 Å². The second-order valence-electron chi connectivity index (χ2n) is 6.54. The van der Waals surface area contributed by atoms with E-state index in [1.54, 1.807) is 42.7 Å². The van der Waals surface area contributed by atoms with Gasteiger partial charge in [0.1, 0.15) is 11.3 Å². The van der Waals surface area contributed by atoms with Crippen LogP contribution in [-0.2, 0) is 0 Å². The number of rotatable bonds is 6. The zero-order chi connectivity index (χ0) is 20.9. The number of fused-ring (bicyclic) bond motifs is 1. The Bertz CT molecular complexity index is 1220. The van der Waals surface area contributed by atoms with Crippen LogP contribution in [0.3, 0.4) is 0 Å². The van der Waals surface area contributed by atoms with Crippen LogP contribution in [0.5, 0.6) is 5.75 Å². The molecule has 1 heterocycles. The van der Waals surface area contributed by atoms with Crippen molar-refractivity contribution in [1.29, 1.82) is 0 Å². The number of ether oxygens (including phenoxy) is 1. The van der Waals surface area contributed by atoms with E-state index in [2.05, 4.69) is 20.9 Å². The van der Waals surface area contributed by atoms with Crippen molar-refractivity contribution in [2.24, 2.45) is 0 Å². The molecule has 0 bridgehead atoms. The number of nitrogens with zero attached hydrogens (tertiary/aromatic N) is 1. The first-order valence-corrected chi connectivity index (χ1v) is 10.2. The lowest BCUT2D eigenvalue weighted by Gasteiger charge is -2.06. The quantitative estimate of drug-likeness (QED) is 0.178. The third kappa shape index (κ3) is 4.42. The Morgan fingerprint density at radius 1 is 1.03 bits per heavy atom. The van der Waals surface area contributed by atoms with Gasteiger partial charge in [0.05, 0.1) is 11.8 Å². The van der Waals surface area contributed by atoms with Crippen molar-refractivity contribution < 1.29 is 13.9 Å². The average Bonchev–Trinajstić information content (AvgIpc) is 3.20. The zero-order valence-electron chi connectivity index (χ0n) is 16.2. The van der Waals surface area contributed by atoms with E-state index in [0.717, 1.165) is 10.0 Å². The minimum Gasteiger partial charge on any atom is -0.465 e. The standard InChI is InChI=1S/C25H18BrNO3/c1-2-14-29-20-12-10-18(11-13-20)24(28)21(16-17-6-5-7-19(26)15-17)25-27-22-8-3-4-9-23(22)30-25/h2-16H,1H3. The lowest BCUT2D eigenvalue weighted by atomic mass is 10.0. The SMILES string of the molecule is CC=COc1ccc(C(=O)C(=Cc2cccc(Br)c2)c2nc3ccccc3o2)cc1. The first-order chi connectivity index (χ1) is 14.6. The number of carbonyl (C=O) groups excluding carboxylic acids is 1. The van der Waals surface area contributed by atoms with E-state index >= 15 is 0 Å². The van der Waals surface area contributed by atoms with E-state index in [4.69, 9.17) is 9.15 Å². The van der Waals surface area contributed by atoms with Crippen molar-refractivity contribution in [3.63, 3.8) is 0 Å². The second kappa shape index (κ2) is 8.93. The van der Waals surface area contributed by atoms with E-state index in [0.29, 0.717) is 28.0 Å². The maximum atomic E-state index is 13.4. The van der Waals surface area contributed by atoms with Gasteiger partial charge in [0.15, 0.2) is 11.4 Å². The number of para-hydroxylation sites is 2. The van der Waals surface area contributed by atoms with Crippen molar-refractivity contribution in [2.45, 2.75) is 6.92 Å². The summed E-state index contributed by atoms with van der Waals surface area (Å²) in [6, 6.07) is 22.1. The van der Waals surface area contributed by atoms with Crippen molar-refractivity contribution in [1.82, 2.24) is 4.98 Å². The fourth-order valence-corrected chi connectivity index (χ4v) is 3.38. The predicted octanol–water partition coefficient (Wildman–Crippen LogP) is 6.93.